The van der Waals surface area contributed by atoms with Crippen molar-refractivity contribution in [3.8, 4) is 0 Å². The van der Waals surface area contributed by atoms with Crippen LogP contribution in [0.3, 0.4) is 0 Å². The third-order valence-electron chi connectivity index (χ3n) is 5.31. The van der Waals surface area contributed by atoms with Gasteiger partial charge in [-0.15, -0.1) is 0 Å². The predicted octanol–water partition coefficient (Wildman–Crippen LogP) is 2.77. The lowest BCUT2D eigenvalue weighted by Crippen LogP contribution is -2.35. The van der Waals surface area contributed by atoms with Crippen molar-refractivity contribution in [2.24, 2.45) is 5.92 Å². The molecule has 6 heteroatoms. The van der Waals surface area contributed by atoms with Gasteiger partial charge in [0.2, 0.25) is 0 Å². The molecule has 3 heterocycles. The van der Waals surface area contributed by atoms with E-state index >= 15 is 0 Å². The maximum absolute atomic E-state index is 11.8. The van der Waals surface area contributed by atoms with Crippen LogP contribution in [-0.4, -0.2) is 45.9 Å². The monoisotopic (exact) mass is 363 g/mol. The average molecular weight is 363 g/mol. The Balaban J connectivity index is 1.40. The molecule has 1 unspecified atom stereocenters. The second kappa shape index (κ2) is 7.88. The number of benzene rings is 1. The zero-order valence-corrected chi connectivity index (χ0v) is 15.6. The number of likely N-dealkylation sites (tertiary alicyclic amines) is 1. The summed E-state index contributed by atoms with van der Waals surface area (Å²) in [5.41, 5.74) is 3.93. The van der Waals surface area contributed by atoms with E-state index in [9.17, 15) is 4.79 Å². The van der Waals surface area contributed by atoms with Crippen LogP contribution in [0.4, 0.5) is 0 Å². The van der Waals surface area contributed by atoms with Gasteiger partial charge < -0.3 is 10.3 Å². The number of aromatic amines is 1. The van der Waals surface area contributed by atoms with Crippen molar-refractivity contribution >= 4 is 16.8 Å². The first kappa shape index (κ1) is 17.7. The quantitative estimate of drug-likeness (QED) is 0.731. The molecule has 0 radical (unpaired) electrons. The minimum Gasteiger partial charge on any atom is -0.361 e. The van der Waals surface area contributed by atoms with Gasteiger partial charge in [-0.3, -0.25) is 9.69 Å². The van der Waals surface area contributed by atoms with E-state index in [0.717, 1.165) is 31.7 Å². The fourth-order valence-electron chi connectivity index (χ4n) is 3.97. The van der Waals surface area contributed by atoms with Gasteiger partial charge in [0.05, 0.1) is 0 Å². The van der Waals surface area contributed by atoms with Crippen LogP contribution < -0.4 is 5.32 Å². The molecule has 6 nitrogen and oxygen atoms in total. The van der Waals surface area contributed by atoms with E-state index in [1.807, 2.05) is 12.3 Å². The maximum atomic E-state index is 11.8. The van der Waals surface area contributed by atoms with Crippen molar-refractivity contribution in [2.75, 3.05) is 20.1 Å². The molecule has 0 spiro atoms. The van der Waals surface area contributed by atoms with E-state index < -0.39 is 0 Å². The lowest BCUT2D eigenvalue weighted by Gasteiger charge is -2.32. The van der Waals surface area contributed by atoms with Crippen LogP contribution in [0.1, 0.15) is 34.6 Å². The highest BCUT2D eigenvalue weighted by molar-refractivity contribution is 5.91. The fourth-order valence-corrected chi connectivity index (χ4v) is 3.97. The molecule has 1 aliphatic heterocycles. The molecule has 0 bridgehead atoms. The number of aromatic nitrogens is 3. The molecule has 140 valence electrons. The van der Waals surface area contributed by atoms with Crippen molar-refractivity contribution in [3.05, 3.63) is 59.8 Å². The molecule has 27 heavy (non-hydrogen) atoms. The molecule has 1 saturated heterocycles. The van der Waals surface area contributed by atoms with Crippen LogP contribution in [0.2, 0.25) is 0 Å². The summed E-state index contributed by atoms with van der Waals surface area (Å²) in [5, 5.41) is 3.87. The van der Waals surface area contributed by atoms with Crippen LogP contribution in [0.25, 0.3) is 10.9 Å². The topological polar surface area (TPSA) is 73.9 Å². The molecule has 3 aromatic rings. The smallest absolute Gasteiger partial charge is 0.269 e. The van der Waals surface area contributed by atoms with Gasteiger partial charge >= 0.3 is 0 Å². The van der Waals surface area contributed by atoms with Gasteiger partial charge in [-0.05, 0) is 60.9 Å². The maximum Gasteiger partial charge on any atom is 0.269 e. The van der Waals surface area contributed by atoms with Gasteiger partial charge in [-0.1, -0.05) is 12.1 Å². The van der Waals surface area contributed by atoms with Gasteiger partial charge in [0, 0.05) is 37.5 Å². The summed E-state index contributed by atoms with van der Waals surface area (Å²) in [6.07, 6.45) is 6.76. The number of amides is 1. The van der Waals surface area contributed by atoms with Crippen molar-refractivity contribution in [1.82, 2.24) is 25.2 Å². The van der Waals surface area contributed by atoms with Gasteiger partial charge in [0.1, 0.15) is 12.0 Å². The molecule has 0 saturated carbocycles. The number of nitrogens with one attached hydrogen (secondary N) is 2. The molecule has 4 rings (SSSR count). The number of nitrogens with zero attached hydrogens (tertiary/aromatic N) is 3. The Hall–Kier alpha value is -2.73. The van der Waals surface area contributed by atoms with Crippen LogP contribution in [-0.2, 0) is 13.0 Å². The number of hydrogen-bond acceptors (Lipinski definition) is 4. The second-order valence-corrected chi connectivity index (χ2v) is 7.32. The van der Waals surface area contributed by atoms with Gasteiger partial charge in [0.15, 0.2) is 0 Å². The minimum absolute atomic E-state index is 0.163. The number of carbonyl (C=O) groups excluding carboxylic acids is 1. The highest BCUT2D eigenvalue weighted by Crippen LogP contribution is 2.23. The molecular weight excluding hydrogens is 338 g/mol. The zero-order valence-electron chi connectivity index (χ0n) is 15.6. The summed E-state index contributed by atoms with van der Waals surface area (Å²) in [7, 11) is 1.62. The number of carbonyl (C=O) groups is 1. The van der Waals surface area contributed by atoms with E-state index in [4.69, 9.17) is 0 Å². The standard InChI is InChI=1S/C21H25N5O/c1-22-21(27)20-11-18(24-14-25-20)9-15-3-2-8-26(12-15)13-16-4-5-17-6-7-23-19(17)10-16/h4-7,10-11,14-15,23H,2-3,8-9,12-13H2,1H3,(H,22,27). The van der Waals surface area contributed by atoms with E-state index in [1.54, 1.807) is 7.05 Å². The molecular formula is C21H25N5O. The summed E-state index contributed by atoms with van der Waals surface area (Å²) in [5.74, 6) is 0.393. The van der Waals surface area contributed by atoms with Crippen molar-refractivity contribution in [2.45, 2.75) is 25.8 Å². The summed E-state index contributed by atoms with van der Waals surface area (Å²) >= 11 is 0. The van der Waals surface area contributed by atoms with Crippen LogP contribution in [0, 0.1) is 5.92 Å². The largest absolute Gasteiger partial charge is 0.361 e. The fraction of sp³-hybridized carbons (Fsp3) is 0.381. The first-order valence-electron chi connectivity index (χ1n) is 9.52. The number of H-pyrrole nitrogens is 1. The Morgan fingerprint density at radius 3 is 3.11 bits per heavy atom. The summed E-state index contributed by atoms with van der Waals surface area (Å²) in [6, 6.07) is 10.6. The summed E-state index contributed by atoms with van der Waals surface area (Å²) < 4.78 is 0. The van der Waals surface area contributed by atoms with Crippen molar-refractivity contribution in [1.29, 1.82) is 0 Å². The molecule has 1 fully saturated rings. The Labute approximate surface area is 159 Å². The SMILES string of the molecule is CNC(=O)c1cc(CC2CCCN(Cc3ccc4cc[nH]c4c3)C2)ncn1. The van der Waals surface area contributed by atoms with Crippen molar-refractivity contribution in [3.63, 3.8) is 0 Å². The van der Waals surface area contributed by atoms with E-state index in [1.165, 1.54) is 35.6 Å². The normalized spacial score (nSPS) is 17.9. The summed E-state index contributed by atoms with van der Waals surface area (Å²) in [4.78, 5) is 26.0. The lowest BCUT2D eigenvalue weighted by molar-refractivity contribution is 0.0957. The molecule has 1 aromatic carbocycles. The first-order chi connectivity index (χ1) is 13.2. The second-order valence-electron chi connectivity index (χ2n) is 7.32. The lowest BCUT2D eigenvalue weighted by atomic mass is 9.92. The van der Waals surface area contributed by atoms with E-state index in [2.05, 4.69) is 49.4 Å². The van der Waals surface area contributed by atoms with Crippen LogP contribution in [0.5, 0.6) is 0 Å². The van der Waals surface area contributed by atoms with Crippen molar-refractivity contribution < 1.29 is 4.79 Å². The molecule has 2 N–H and O–H groups in total. The first-order valence-corrected chi connectivity index (χ1v) is 9.52. The average Bonchev–Trinajstić information content (AvgIpc) is 3.16. The van der Waals surface area contributed by atoms with Gasteiger partial charge in [-0.2, -0.15) is 0 Å². The number of hydrogen-bond donors (Lipinski definition) is 2. The highest BCUT2D eigenvalue weighted by Gasteiger charge is 2.21. The van der Waals surface area contributed by atoms with E-state index in [-0.39, 0.29) is 5.91 Å². The molecule has 0 aliphatic carbocycles. The molecule has 1 aliphatic rings. The number of fused-ring (bicyclic) bond motifs is 1. The van der Waals surface area contributed by atoms with Gasteiger partial charge in [0.25, 0.3) is 5.91 Å². The summed E-state index contributed by atoms with van der Waals surface area (Å²) in [6.45, 7) is 3.16. The van der Waals surface area contributed by atoms with E-state index in [0.29, 0.717) is 11.6 Å². The highest BCUT2D eigenvalue weighted by atomic mass is 16.1. The molecule has 2 aromatic heterocycles. The Kier molecular flexibility index (Phi) is 5.16. The Morgan fingerprint density at radius 2 is 2.22 bits per heavy atom. The minimum atomic E-state index is -0.163. The number of rotatable bonds is 5. The molecule has 1 amide bonds. The third-order valence-corrected chi connectivity index (χ3v) is 5.31. The third kappa shape index (κ3) is 4.17. The van der Waals surface area contributed by atoms with Gasteiger partial charge in [-0.25, -0.2) is 9.97 Å². The van der Waals surface area contributed by atoms with Crippen LogP contribution >= 0.6 is 0 Å². The Bertz CT molecular complexity index is 935. The molecule has 1 atom stereocenters. The Morgan fingerprint density at radius 1 is 1.30 bits per heavy atom. The number of piperidine rings is 1. The predicted molar refractivity (Wildman–Crippen MR) is 105 cm³/mol. The van der Waals surface area contributed by atoms with Crippen LogP contribution in [0.15, 0.2) is 42.9 Å². The zero-order chi connectivity index (χ0) is 18.6.